The number of allylic oxidation sites excluding steroid dienone is 4. The van der Waals surface area contributed by atoms with Gasteiger partial charge in [-0.05, 0) is 98.2 Å². The van der Waals surface area contributed by atoms with Crippen LogP contribution in [0.25, 0.3) is 0 Å². The molecule has 0 heterocycles. The molecule has 0 bridgehead atoms. The molecule has 0 saturated heterocycles. The van der Waals surface area contributed by atoms with Crippen LogP contribution in [-0.2, 0) is 24.8 Å². The van der Waals surface area contributed by atoms with E-state index in [1.54, 1.807) is 49.4 Å². The molecule has 4 aliphatic carbocycles. The predicted octanol–water partition coefficient (Wildman–Crippen LogP) is 5.97. The summed E-state index contributed by atoms with van der Waals surface area (Å²) in [5.41, 5.74) is -6.20. The first kappa shape index (κ1) is 32.9. The second-order valence-electron chi connectivity index (χ2n) is 13.3. The number of phenolic OH excluding ortho intramolecular Hbond substituents is 1. The van der Waals surface area contributed by atoms with Gasteiger partial charge in [0.1, 0.15) is 18.0 Å². The number of hydrogen-bond acceptors (Lipinski definition) is 9. The van der Waals surface area contributed by atoms with Crippen LogP contribution in [0.3, 0.4) is 0 Å². The number of ether oxygens (including phenoxy) is 2. The highest BCUT2D eigenvalue weighted by Crippen LogP contribution is 2.70. The molecule has 1 unspecified atom stereocenters. The summed E-state index contributed by atoms with van der Waals surface area (Å²) in [6, 6.07) is 15.2. The zero-order chi connectivity index (χ0) is 33.8. The summed E-state index contributed by atoms with van der Waals surface area (Å²) in [6.07, 6.45) is -0.267. The fourth-order valence-corrected chi connectivity index (χ4v) is 9.47. The van der Waals surface area contributed by atoms with Crippen LogP contribution in [-0.4, -0.2) is 58.1 Å². The first-order valence-electron chi connectivity index (χ1n) is 15.5. The van der Waals surface area contributed by atoms with Crippen molar-refractivity contribution in [2.75, 3.05) is 6.61 Å². The van der Waals surface area contributed by atoms with E-state index >= 15 is 8.78 Å². The number of phenols is 1. The molecule has 0 aliphatic heterocycles. The molecule has 8 nitrogen and oxygen atoms in total. The molecule has 4 aliphatic rings. The van der Waals surface area contributed by atoms with Gasteiger partial charge in [-0.25, -0.2) is 18.4 Å². The number of alkyl halides is 2. The Morgan fingerprint density at radius 3 is 2.49 bits per heavy atom. The van der Waals surface area contributed by atoms with Gasteiger partial charge in [0, 0.05) is 27.4 Å². The van der Waals surface area contributed by atoms with E-state index in [4.69, 9.17) is 14.7 Å². The third-order valence-corrected chi connectivity index (χ3v) is 12.1. The van der Waals surface area contributed by atoms with Gasteiger partial charge in [0.2, 0.25) is 5.60 Å². The lowest BCUT2D eigenvalue weighted by molar-refractivity contribution is -0.228. The van der Waals surface area contributed by atoms with Gasteiger partial charge >= 0.3 is 11.9 Å². The Balaban J connectivity index is 1.29. The lowest BCUT2D eigenvalue weighted by Crippen LogP contribution is -2.70. The van der Waals surface area contributed by atoms with E-state index in [1.807, 2.05) is 12.1 Å². The van der Waals surface area contributed by atoms with Gasteiger partial charge in [0.15, 0.2) is 18.1 Å². The van der Waals surface area contributed by atoms with Gasteiger partial charge in [0.05, 0.1) is 11.7 Å². The number of aliphatic hydroxyl groups is 1. The van der Waals surface area contributed by atoms with Crippen LogP contribution in [0.4, 0.5) is 8.78 Å². The zero-order valence-electron chi connectivity index (χ0n) is 25.9. The Labute approximate surface area is 275 Å². The van der Waals surface area contributed by atoms with Crippen molar-refractivity contribution in [1.29, 1.82) is 5.26 Å². The fraction of sp³-hybridized carbons (Fsp3) is 0.444. The minimum absolute atomic E-state index is 0.0137. The number of carbonyl (C=O) groups excluding carboxylic acids is 3. The van der Waals surface area contributed by atoms with Crippen LogP contribution < -0.4 is 0 Å². The summed E-state index contributed by atoms with van der Waals surface area (Å²) in [5.74, 6) is -3.25. The number of halogens is 2. The standard InChI is InChI=1S/C36H35F2NO7S/c1-33-13-11-24(41)17-28(33)29(37)18-27-26-12-14-35(32(44)45-16-15-39,34(26,2)19-30(42)36(27,33)38)46-31(43)22-5-9-25(10-6-22)47-20-21-3-7-23(40)8-4-21/h3-11,13,17,26-27,29-30,40,42H,12,14,16,18-20H2,1-2H3/t26-,27-,29-,30-,33-,34-,35+,36?/m0/s1. The van der Waals surface area contributed by atoms with Gasteiger partial charge in [-0.1, -0.05) is 25.1 Å². The summed E-state index contributed by atoms with van der Waals surface area (Å²) in [5, 5.41) is 30.3. The van der Waals surface area contributed by atoms with Crippen molar-refractivity contribution in [2.45, 2.75) is 73.7 Å². The number of ketones is 1. The number of nitriles is 1. The second-order valence-corrected chi connectivity index (χ2v) is 14.4. The number of hydrogen-bond donors (Lipinski definition) is 2. The monoisotopic (exact) mass is 663 g/mol. The van der Waals surface area contributed by atoms with Gasteiger partial charge < -0.3 is 19.7 Å². The van der Waals surface area contributed by atoms with Crippen LogP contribution in [0.1, 0.15) is 55.5 Å². The van der Waals surface area contributed by atoms with Crippen LogP contribution in [0.15, 0.2) is 77.2 Å². The number of esters is 2. The maximum atomic E-state index is 17.5. The molecule has 0 spiro atoms. The van der Waals surface area contributed by atoms with Gasteiger partial charge in [-0.2, -0.15) is 5.26 Å². The van der Waals surface area contributed by atoms with E-state index in [1.165, 1.54) is 30.8 Å². The summed E-state index contributed by atoms with van der Waals surface area (Å²) in [6.45, 7) is 2.52. The number of aliphatic hydroxyl groups excluding tert-OH is 1. The van der Waals surface area contributed by atoms with Crippen molar-refractivity contribution in [3.8, 4) is 11.8 Å². The molecule has 246 valence electrons. The molecular weight excluding hydrogens is 628 g/mol. The summed E-state index contributed by atoms with van der Waals surface area (Å²) >= 11 is 1.52. The number of fused-ring (bicyclic) bond motifs is 5. The van der Waals surface area contributed by atoms with Crippen LogP contribution in [0.2, 0.25) is 0 Å². The summed E-state index contributed by atoms with van der Waals surface area (Å²) in [7, 11) is 0. The minimum Gasteiger partial charge on any atom is -0.508 e. The molecule has 0 amide bonds. The van der Waals surface area contributed by atoms with Gasteiger partial charge in [-0.15, -0.1) is 11.8 Å². The molecule has 3 saturated carbocycles. The third-order valence-electron chi connectivity index (χ3n) is 11.0. The first-order chi connectivity index (χ1) is 22.3. The van der Waals surface area contributed by atoms with E-state index in [-0.39, 0.29) is 42.6 Å². The van der Waals surface area contributed by atoms with Crippen molar-refractivity contribution in [1.82, 2.24) is 0 Å². The molecule has 0 aromatic heterocycles. The maximum Gasteiger partial charge on any atom is 0.352 e. The fourth-order valence-electron chi connectivity index (χ4n) is 8.61. The van der Waals surface area contributed by atoms with E-state index in [2.05, 4.69) is 0 Å². The van der Waals surface area contributed by atoms with Crippen molar-refractivity contribution < 1.29 is 42.9 Å². The molecule has 2 aromatic carbocycles. The molecule has 6 rings (SSSR count). The molecule has 8 atom stereocenters. The lowest BCUT2D eigenvalue weighted by atomic mass is 9.44. The number of benzene rings is 2. The third kappa shape index (κ3) is 5.08. The number of carbonyl (C=O) groups is 3. The van der Waals surface area contributed by atoms with Crippen LogP contribution in [0, 0.1) is 34.0 Å². The molecule has 0 radical (unpaired) electrons. The highest BCUT2D eigenvalue weighted by atomic mass is 32.2. The van der Waals surface area contributed by atoms with Crippen LogP contribution >= 0.6 is 11.8 Å². The molecule has 3 fully saturated rings. The summed E-state index contributed by atoms with van der Waals surface area (Å²) in [4.78, 5) is 40.5. The van der Waals surface area contributed by atoms with Crippen molar-refractivity contribution in [3.63, 3.8) is 0 Å². The SMILES string of the molecule is C[C@]12C=CC(=O)C=C1[C@@H](F)C[C@H]1[C@@H]3CC[C@@](OC(=O)c4ccc(SCc5ccc(O)cc5)cc4)(C(=O)OCC#N)[C@@]3(C)C[C@H](O)C12F. The Morgan fingerprint density at radius 1 is 1.11 bits per heavy atom. The maximum absolute atomic E-state index is 17.5. The van der Waals surface area contributed by atoms with Gasteiger partial charge in [0.25, 0.3) is 0 Å². The topological polar surface area (TPSA) is 134 Å². The molecule has 47 heavy (non-hydrogen) atoms. The first-order valence-corrected chi connectivity index (χ1v) is 16.5. The number of nitrogens with zero attached hydrogens (tertiary/aromatic N) is 1. The quantitative estimate of drug-likeness (QED) is 0.272. The normalized spacial score (nSPS) is 35.5. The molecular formula is C36H35F2NO7S. The largest absolute Gasteiger partial charge is 0.508 e. The minimum atomic E-state index is -2.37. The van der Waals surface area contributed by atoms with E-state index in [0.29, 0.717) is 5.75 Å². The van der Waals surface area contributed by atoms with Crippen molar-refractivity contribution in [3.05, 3.63) is 83.5 Å². The molecule has 2 aromatic rings. The number of aromatic hydroxyl groups is 1. The smallest absolute Gasteiger partial charge is 0.352 e. The van der Waals surface area contributed by atoms with E-state index in [0.717, 1.165) is 16.5 Å². The molecule has 2 N–H and O–H groups in total. The van der Waals surface area contributed by atoms with Crippen molar-refractivity contribution >= 4 is 29.5 Å². The Morgan fingerprint density at radius 2 is 1.81 bits per heavy atom. The lowest BCUT2D eigenvalue weighted by Gasteiger charge is -2.62. The highest BCUT2D eigenvalue weighted by molar-refractivity contribution is 7.98. The summed E-state index contributed by atoms with van der Waals surface area (Å²) < 4.78 is 44.7. The average molecular weight is 664 g/mol. The second kappa shape index (κ2) is 11.9. The number of thioether (sulfide) groups is 1. The van der Waals surface area contributed by atoms with E-state index < -0.39 is 70.5 Å². The molecule has 11 heteroatoms. The van der Waals surface area contributed by atoms with Crippen LogP contribution in [0.5, 0.6) is 5.75 Å². The average Bonchev–Trinajstić information content (AvgIpc) is 3.34. The zero-order valence-corrected chi connectivity index (χ0v) is 26.8. The predicted molar refractivity (Wildman–Crippen MR) is 167 cm³/mol. The Kier molecular flexibility index (Phi) is 8.33. The van der Waals surface area contributed by atoms with Crippen molar-refractivity contribution in [2.24, 2.45) is 22.7 Å². The Bertz CT molecular complexity index is 1700. The number of rotatable bonds is 7. The highest BCUT2D eigenvalue weighted by Gasteiger charge is 2.77. The van der Waals surface area contributed by atoms with E-state index in [9.17, 15) is 24.6 Å². The Hall–Kier alpha value is -4.01. The van der Waals surface area contributed by atoms with Gasteiger partial charge in [-0.3, -0.25) is 4.79 Å².